The van der Waals surface area contributed by atoms with Crippen LogP contribution in [-0.2, 0) is 4.74 Å². The number of morpholine rings is 1. The van der Waals surface area contributed by atoms with Gasteiger partial charge in [-0.15, -0.1) is 0 Å². The van der Waals surface area contributed by atoms with Crippen molar-refractivity contribution in [2.24, 2.45) is 0 Å². The molecule has 0 bridgehead atoms. The molecule has 1 aliphatic rings. The number of amides is 1. The van der Waals surface area contributed by atoms with Gasteiger partial charge in [0, 0.05) is 32.4 Å². The Bertz CT molecular complexity index is 759. The Kier molecular flexibility index (Phi) is 7.22. The lowest BCUT2D eigenvalue weighted by Gasteiger charge is -2.26. The number of rotatable bonds is 8. The third-order valence-electron chi connectivity index (χ3n) is 4.36. The highest BCUT2D eigenvalue weighted by atomic mass is 16.5. The minimum Gasteiger partial charge on any atom is -0.489 e. The Balaban J connectivity index is 1.52. The Morgan fingerprint density at radius 3 is 2.71 bits per heavy atom. The fourth-order valence-electron chi connectivity index (χ4n) is 2.92. The molecular formula is C21H28N4O3. The summed E-state index contributed by atoms with van der Waals surface area (Å²) in [7, 11) is 0. The standard InChI is InChI=1S/C21H28N4O3/c1-16(2)28-19-6-4-3-5-18(19)24-21(26)17-7-8-20(23-15-17)22-9-10-25-11-13-27-14-12-25/h3-8,15-16H,9-14H2,1-2H3,(H,22,23)(H,24,26). The van der Waals surface area contributed by atoms with Gasteiger partial charge in [-0.2, -0.15) is 0 Å². The van der Waals surface area contributed by atoms with Crippen LogP contribution in [-0.4, -0.2) is 61.3 Å². The van der Waals surface area contributed by atoms with E-state index in [0.717, 1.165) is 45.2 Å². The number of anilines is 2. The second-order valence-electron chi connectivity index (χ2n) is 6.93. The van der Waals surface area contributed by atoms with E-state index in [9.17, 15) is 4.79 Å². The van der Waals surface area contributed by atoms with Crippen molar-refractivity contribution in [2.45, 2.75) is 20.0 Å². The molecule has 0 unspecified atom stereocenters. The van der Waals surface area contributed by atoms with Gasteiger partial charge in [0.2, 0.25) is 0 Å². The zero-order valence-electron chi connectivity index (χ0n) is 16.5. The van der Waals surface area contributed by atoms with Gasteiger partial charge in [0.1, 0.15) is 11.6 Å². The molecule has 0 spiro atoms. The highest BCUT2D eigenvalue weighted by molar-refractivity contribution is 6.04. The van der Waals surface area contributed by atoms with Crippen molar-refractivity contribution in [1.29, 1.82) is 0 Å². The van der Waals surface area contributed by atoms with Crippen LogP contribution in [0.2, 0.25) is 0 Å². The number of ether oxygens (including phenoxy) is 2. The first kappa shape index (κ1) is 20.1. The van der Waals surface area contributed by atoms with Crippen LogP contribution in [0.15, 0.2) is 42.6 Å². The largest absolute Gasteiger partial charge is 0.489 e. The number of pyridine rings is 1. The molecule has 1 fully saturated rings. The maximum Gasteiger partial charge on any atom is 0.257 e. The average Bonchev–Trinajstić information content (AvgIpc) is 2.70. The van der Waals surface area contributed by atoms with E-state index < -0.39 is 0 Å². The summed E-state index contributed by atoms with van der Waals surface area (Å²) in [4.78, 5) is 19.2. The molecule has 2 N–H and O–H groups in total. The highest BCUT2D eigenvalue weighted by Gasteiger charge is 2.12. The molecule has 0 radical (unpaired) electrons. The van der Waals surface area contributed by atoms with Gasteiger partial charge in [-0.25, -0.2) is 4.98 Å². The minimum atomic E-state index is -0.216. The predicted molar refractivity (Wildman–Crippen MR) is 110 cm³/mol. The molecule has 1 saturated heterocycles. The first-order chi connectivity index (χ1) is 13.6. The minimum absolute atomic E-state index is 0.0301. The fraction of sp³-hybridized carbons (Fsp3) is 0.429. The van der Waals surface area contributed by atoms with E-state index in [-0.39, 0.29) is 12.0 Å². The topological polar surface area (TPSA) is 75.7 Å². The van der Waals surface area contributed by atoms with E-state index in [1.54, 1.807) is 12.3 Å². The molecule has 1 aliphatic heterocycles. The first-order valence-corrected chi connectivity index (χ1v) is 9.69. The van der Waals surface area contributed by atoms with Crippen molar-refractivity contribution in [1.82, 2.24) is 9.88 Å². The van der Waals surface area contributed by atoms with Crippen LogP contribution in [0.25, 0.3) is 0 Å². The molecule has 150 valence electrons. The smallest absolute Gasteiger partial charge is 0.257 e. The normalized spacial score (nSPS) is 14.7. The summed E-state index contributed by atoms with van der Waals surface area (Å²) in [5, 5.41) is 6.19. The molecule has 0 aliphatic carbocycles. The third kappa shape index (κ3) is 5.94. The lowest BCUT2D eigenvalue weighted by Crippen LogP contribution is -2.39. The van der Waals surface area contributed by atoms with Crippen LogP contribution >= 0.6 is 0 Å². The molecular weight excluding hydrogens is 356 g/mol. The van der Waals surface area contributed by atoms with Gasteiger partial charge in [-0.05, 0) is 38.1 Å². The zero-order chi connectivity index (χ0) is 19.8. The van der Waals surface area contributed by atoms with Crippen LogP contribution < -0.4 is 15.4 Å². The van der Waals surface area contributed by atoms with Gasteiger partial charge in [-0.3, -0.25) is 9.69 Å². The maximum absolute atomic E-state index is 12.5. The molecule has 28 heavy (non-hydrogen) atoms. The Labute approximate surface area is 166 Å². The zero-order valence-corrected chi connectivity index (χ0v) is 16.5. The lowest BCUT2D eigenvalue weighted by molar-refractivity contribution is 0.0398. The van der Waals surface area contributed by atoms with E-state index in [1.165, 1.54) is 0 Å². The number of nitrogens with one attached hydrogen (secondary N) is 2. The van der Waals surface area contributed by atoms with Gasteiger partial charge in [-0.1, -0.05) is 12.1 Å². The Morgan fingerprint density at radius 1 is 1.21 bits per heavy atom. The van der Waals surface area contributed by atoms with Crippen LogP contribution in [0.4, 0.5) is 11.5 Å². The molecule has 0 atom stereocenters. The van der Waals surface area contributed by atoms with E-state index >= 15 is 0 Å². The SMILES string of the molecule is CC(C)Oc1ccccc1NC(=O)c1ccc(NCCN2CCOCC2)nc1. The molecule has 2 aromatic rings. The summed E-state index contributed by atoms with van der Waals surface area (Å²) in [6.07, 6.45) is 1.61. The average molecular weight is 384 g/mol. The molecule has 0 saturated carbocycles. The van der Waals surface area contributed by atoms with Crippen molar-refractivity contribution in [3.63, 3.8) is 0 Å². The second-order valence-corrected chi connectivity index (χ2v) is 6.93. The van der Waals surface area contributed by atoms with Gasteiger partial charge in [0.05, 0.1) is 30.6 Å². The molecule has 7 heteroatoms. The first-order valence-electron chi connectivity index (χ1n) is 9.69. The Morgan fingerprint density at radius 2 is 2.00 bits per heavy atom. The number of carbonyl (C=O) groups is 1. The summed E-state index contributed by atoms with van der Waals surface area (Å²) in [6.45, 7) is 9.19. The molecule has 1 aromatic heterocycles. The Hall–Kier alpha value is -2.64. The van der Waals surface area contributed by atoms with Gasteiger partial charge < -0.3 is 20.1 Å². The van der Waals surface area contributed by atoms with Crippen molar-refractivity contribution < 1.29 is 14.3 Å². The number of benzene rings is 1. The summed E-state index contributed by atoms with van der Waals surface area (Å²) >= 11 is 0. The summed E-state index contributed by atoms with van der Waals surface area (Å²) in [5.41, 5.74) is 1.15. The molecule has 3 rings (SSSR count). The number of hydrogen-bond donors (Lipinski definition) is 2. The molecule has 2 heterocycles. The van der Waals surface area contributed by atoms with Gasteiger partial charge in [0.15, 0.2) is 0 Å². The maximum atomic E-state index is 12.5. The number of aromatic nitrogens is 1. The van der Waals surface area contributed by atoms with Crippen molar-refractivity contribution >= 4 is 17.4 Å². The van der Waals surface area contributed by atoms with E-state index in [1.807, 2.05) is 44.2 Å². The van der Waals surface area contributed by atoms with Crippen molar-refractivity contribution in [3.05, 3.63) is 48.2 Å². The quantitative estimate of drug-likeness (QED) is 0.729. The monoisotopic (exact) mass is 384 g/mol. The molecule has 7 nitrogen and oxygen atoms in total. The summed E-state index contributed by atoms with van der Waals surface area (Å²) < 4.78 is 11.1. The highest BCUT2D eigenvalue weighted by Crippen LogP contribution is 2.25. The van der Waals surface area contributed by atoms with Crippen LogP contribution in [0.1, 0.15) is 24.2 Å². The third-order valence-corrected chi connectivity index (χ3v) is 4.36. The summed E-state index contributed by atoms with van der Waals surface area (Å²) in [5.74, 6) is 1.20. The second kappa shape index (κ2) is 10.1. The number of nitrogens with zero attached hydrogens (tertiary/aromatic N) is 2. The van der Waals surface area contributed by atoms with E-state index in [2.05, 4.69) is 20.5 Å². The number of hydrogen-bond acceptors (Lipinski definition) is 6. The predicted octanol–water partition coefficient (Wildman–Crippen LogP) is 2.87. The van der Waals surface area contributed by atoms with Crippen molar-refractivity contribution in [3.8, 4) is 5.75 Å². The molecule has 1 aromatic carbocycles. The van der Waals surface area contributed by atoms with E-state index in [0.29, 0.717) is 17.0 Å². The number of carbonyl (C=O) groups excluding carboxylic acids is 1. The summed E-state index contributed by atoms with van der Waals surface area (Å²) in [6, 6.07) is 11.0. The number of para-hydroxylation sites is 2. The van der Waals surface area contributed by atoms with Crippen molar-refractivity contribution in [2.75, 3.05) is 50.0 Å². The van der Waals surface area contributed by atoms with Gasteiger partial charge >= 0.3 is 0 Å². The van der Waals surface area contributed by atoms with E-state index in [4.69, 9.17) is 9.47 Å². The molecule has 1 amide bonds. The van der Waals surface area contributed by atoms with Gasteiger partial charge in [0.25, 0.3) is 5.91 Å². The lowest BCUT2D eigenvalue weighted by atomic mass is 10.2. The van der Waals surface area contributed by atoms with Crippen LogP contribution in [0, 0.1) is 0 Å². The van der Waals surface area contributed by atoms with Crippen LogP contribution in [0.5, 0.6) is 5.75 Å². The fourth-order valence-corrected chi connectivity index (χ4v) is 2.92. The van der Waals surface area contributed by atoms with Crippen LogP contribution in [0.3, 0.4) is 0 Å².